The Hall–Kier alpha value is -2.10. The highest BCUT2D eigenvalue weighted by Gasteiger charge is 2.11. The van der Waals surface area contributed by atoms with Gasteiger partial charge in [0.15, 0.2) is 5.58 Å². The number of halogens is 1. The maximum Gasteiger partial charge on any atom is 0.292 e. The topological polar surface area (TPSA) is 46.0 Å². The van der Waals surface area contributed by atoms with Gasteiger partial charge in [-0.1, -0.05) is 12.1 Å². The number of aromatic amines is 1. The molecule has 1 aromatic carbocycles. The Bertz CT molecular complexity index is 755. The first kappa shape index (κ1) is 9.15. The molecule has 0 bridgehead atoms. The van der Waals surface area contributed by atoms with Crippen molar-refractivity contribution in [2.24, 2.45) is 0 Å². The highest BCUT2D eigenvalue weighted by atomic mass is 19.1. The summed E-state index contributed by atoms with van der Waals surface area (Å²) in [5.74, 6) is 0.201. The average molecular weight is 217 g/mol. The molecule has 2 heterocycles. The number of para-hydroxylation sites is 1. The van der Waals surface area contributed by atoms with E-state index in [0.717, 1.165) is 0 Å². The van der Waals surface area contributed by atoms with Gasteiger partial charge in [0, 0.05) is 10.8 Å². The van der Waals surface area contributed by atoms with Crippen LogP contribution in [0.4, 0.5) is 4.39 Å². The van der Waals surface area contributed by atoms with Crippen molar-refractivity contribution in [1.82, 2.24) is 4.98 Å². The molecule has 0 saturated heterocycles. The van der Waals surface area contributed by atoms with Crippen LogP contribution in [0.25, 0.3) is 21.9 Å². The van der Waals surface area contributed by atoms with E-state index in [2.05, 4.69) is 4.98 Å². The standard InChI is InChI=1S/C12H8FNO2/c1-6-5-8-7-3-2-4-9(13)10(7)14-12(15)11(8)16-6/h2-5H,1H3,(H,14,15). The Kier molecular flexibility index (Phi) is 1.68. The number of fused-ring (bicyclic) bond motifs is 3. The number of rotatable bonds is 0. The van der Waals surface area contributed by atoms with E-state index in [9.17, 15) is 9.18 Å². The van der Waals surface area contributed by atoms with Crippen LogP contribution in [0.5, 0.6) is 0 Å². The van der Waals surface area contributed by atoms with E-state index in [1.807, 2.05) is 0 Å². The van der Waals surface area contributed by atoms with Crippen molar-refractivity contribution in [3.63, 3.8) is 0 Å². The zero-order valence-electron chi connectivity index (χ0n) is 8.50. The summed E-state index contributed by atoms with van der Waals surface area (Å²) >= 11 is 0. The first-order valence-electron chi connectivity index (χ1n) is 4.87. The van der Waals surface area contributed by atoms with Crippen molar-refractivity contribution in [2.75, 3.05) is 0 Å². The van der Waals surface area contributed by atoms with Crippen LogP contribution in [0, 0.1) is 12.7 Å². The molecule has 0 aliphatic heterocycles. The molecular formula is C12H8FNO2. The normalized spacial score (nSPS) is 11.4. The van der Waals surface area contributed by atoms with Gasteiger partial charge in [-0.3, -0.25) is 4.79 Å². The lowest BCUT2D eigenvalue weighted by atomic mass is 10.1. The lowest BCUT2D eigenvalue weighted by Gasteiger charge is -1.99. The van der Waals surface area contributed by atoms with E-state index in [0.29, 0.717) is 16.5 Å². The maximum atomic E-state index is 13.5. The number of H-pyrrole nitrogens is 1. The summed E-state index contributed by atoms with van der Waals surface area (Å²) in [5.41, 5.74) is 0.0668. The lowest BCUT2D eigenvalue weighted by Crippen LogP contribution is -2.05. The number of hydrogen-bond acceptors (Lipinski definition) is 2. The van der Waals surface area contributed by atoms with Crippen LogP contribution in [0.15, 0.2) is 33.5 Å². The number of furan rings is 1. The quantitative estimate of drug-likeness (QED) is 0.629. The maximum absolute atomic E-state index is 13.5. The van der Waals surface area contributed by atoms with E-state index in [1.54, 1.807) is 25.1 Å². The largest absolute Gasteiger partial charge is 0.456 e. The van der Waals surface area contributed by atoms with Crippen LogP contribution in [-0.4, -0.2) is 4.98 Å². The molecule has 1 N–H and O–H groups in total. The van der Waals surface area contributed by atoms with E-state index < -0.39 is 11.4 Å². The van der Waals surface area contributed by atoms with Gasteiger partial charge in [0.2, 0.25) is 0 Å². The van der Waals surface area contributed by atoms with Crippen LogP contribution in [-0.2, 0) is 0 Å². The Balaban J connectivity index is 2.69. The molecule has 2 aromatic heterocycles. The molecule has 0 radical (unpaired) electrons. The highest BCUT2D eigenvalue weighted by molar-refractivity contribution is 6.03. The Morgan fingerprint density at radius 3 is 2.94 bits per heavy atom. The summed E-state index contributed by atoms with van der Waals surface area (Å²) in [5, 5.41) is 1.31. The minimum atomic E-state index is -0.435. The number of aromatic nitrogens is 1. The first-order chi connectivity index (χ1) is 7.66. The van der Waals surface area contributed by atoms with Crippen molar-refractivity contribution in [1.29, 1.82) is 0 Å². The molecular weight excluding hydrogens is 209 g/mol. The summed E-state index contributed by atoms with van der Waals surface area (Å²) in [6, 6.07) is 6.42. The molecule has 0 aliphatic rings. The second-order valence-electron chi connectivity index (χ2n) is 3.72. The van der Waals surface area contributed by atoms with Crippen LogP contribution in [0.2, 0.25) is 0 Å². The fourth-order valence-electron chi connectivity index (χ4n) is 1.93. The van der Waals surface area contributed by atoms with Gasteiger partial charge in [-0.25, -0.2) is 4.39 Å². The molecule has 3 aromatic rings. The van der Waals surface area contributed by atoms with Gasteiger partial charge >= 0.3 is 0 Å². The second-order valence-corrected chi connectivity index (χ2v) is 3.72. The molecule has 0 fully saturated rings. The molecule has 0 unspecified atom stereocenters. The highest BCUT2D eigenvalue weighted by Crippen LogP contribution is 2.25. The van der Waals surface area contributed by atoms with Crippen molar-refractivity contribution in [3.05, 3.63) is 46.2 Å². The SMILES string of the molecule is Cc1cc2c(o1)c(=O)[nH]c1c(F)cccc12. The molecule has 3 nitrogen and oxygen atoms in total. The minimum Gasteiger partial charge on any atom is -0.456 e. The van der Waals surface area contributed by atoms with Crippen LogP contribution in [0.3, 0.4) is 0 Å². The van der Waals surface area contributed by atoms with Crippen molar-refractivity contribution >= 4 is 21.9 Å². The van der Waals surface area contributed by atoms with Gasteiger partial charge in [0.05, 0.1) is 5.52 Å². The number of benzene rings is 1. The van der Waals surface area contributed by atoms with Gasteiger partial charge in [0.1, 0.15) is 11.6 Å². The van der Waals surface area contributed by atoms with Gasteiger partial charge in [-0.15, -0.1) is 0 Å². The molecule has 0 aliphatic carbocycles. The van der Waals surface area contributed by atoms with Crippen LogP contribution >= 0.6 is 0 Å². The van der Waals surface area contributed by atoms with Crippen molar-refractivity contribution < 1.29 is 8.81 Å². The predicted molar refractivity (Wildman–Crippen MR) is 59.0 cm³/mol. The number of pyridine rings is 1. The number of nitrogens with one attached hydrogen (secondary N) is 1. The van der Waals surface area contributed by atoms with E-state index in [-0.39, 0.29) is 11.1 Å². The fourth-order valence-corrected chi connectivity index (χ4v) is 1.93. The molecule has 80 valence electrons. The summed E-state index contributed by atoms with van der Waals surface area (Å²) in [6.45, 7) is 1.75. The minimum absolute atomic E-state index is 0.223. The molecule has 0 spiro atoms. The van der Waals surface area contributed by atoms with Gasteiger partial charge in [-0.2, -0.15) is 0 Å². The number of aryl methyl sites for hydroxylation is 1. The fraction of sp³-hybridized carbons (Fsp3) is 0.0833. The smallest absolute Gasteiger partial charge is 0.292 e. The zero-order chi connectivity index (χ0) is 11.3. The second kappa shape index (κ2) is 2.95. The van der Waals surface area contributed by atoms with Crippen molar-refractivity contribution in [2.45, 2.75) is 6.92 Å². The van der Waals surface area contributed by atoms with Crippen LogP contribution in [0.1, 0.15) is 5.76 Å². The summed E-state index contributed by atoms with van der Waals surface area (Å²) in [6.07, 6.45) is 0. The van der Waals surface area contributed by atoms with E-state index in [4.69, 9.17) is 4.42 Å². The van der Waals surface area contributed by atoms with Crippen molar-refractivity contribution in [3.8, 4) is 0 Å². The average Bonchev–Trinajstić information content (AvgIpc) is 2.63. The summed E-state index contributed by atoms with van der Waals surface area (Å²) < 4.78 is 18.8. The van der Waals surface area contributed by atoms with E-state index in [1.165, 1.54) is 6.07 Å². The zero-order valence-corrected chi connectivity index (χ0v) is 8.50. The third-order valence-electron chi connectivity index (χ3n) is 2.60. The van der Waals surface area contributed by atoms with Gasteiger partial charge in [-0.05, 0) is 19.1 Å². The Morgan fingerprint density at radius 2 is 2.12 bits per heavy atom. The van der Waals surface area contributed by atoms with Crippen LogP contribution < -0.4 is 5.56 Å². The molecule has 16 heavy (non-hydrogen) atoms. The summed E-state index contributed by atoms with van der Waals surface area (Å²) in [4.78, 5) is 14.1. The Labute approximate surface area is 89.5 Å². The molecule has 0 saturated carbocycles. The predicted octanol–water partition coefficient (Wildman–Crippen LogP) is 2.72. The van der Waals surface area contributed by atoms with E-state index >= 15 is 0 Å². The monoisotopic (exact) mass is 217 g/mol. The number of hydrogen-bond donors (Lipinski definition) is 1. The molecule has 4 heteroatoms. The van der Waals surface area contributed by atoms with Gasteiger partial charge < -0.3 is 9.40 Å². The first-order valence-corrected chi connectivity index (χ1v) is 4.87. The lowest BCUT2D eigenvalue weighted by molar-refractivity contribution is 0.574. The summed E-state index contributed by atoms with van der Waals surface area (Å²) in [7, 11) is 0. The van der Waals surface area contributed by atoms with Gasteiger partial charge in [0.25, 0.3) is 5.56 Å². The molecule has 3 rings (SSSR count). The molecule has 0 amide bonds. The third kappa shape index (κ3) is 1.10. The Morgan fingerprint density at radius 1 is 1.31 bits per heavy atom. The molecule has 0 atom stereocenters. The third-order valence-corrected chi connectivity index (χ3v) is 2.60.